The molecule has 0 bridgehead atoms. The van der Waals surface area contributed by atoms with Crippen molar-refractivity contribution in [1.29, 1.82) is 0 Å². The number of hydrogen-bond donors (Lipinski definition) is 8. The van der Waals surface area contributed by atoms with Gasteiger partial charge in [-0.2, -0.15) is 11.8 Å². The molecule has 0 fully saturated rings. The molecule has 1 aromatic carbocycles. The lowest BCUT2D eigenvalue weighted by molar-refractivity contribution is -0.142. The summed E-state index contributed by atoms with van der Waals surface area (Å²) in [5.74, 6) is -2.94. The molecule has 208 valence electrons. The number of aliphatic hydroxyl groups is 1. The zero-order chi connectivity index (χ0) is 28.2. The third-order valence-corrected chi connectivity index (χ3v) is 6.31. The van der Waals surface area contributed by atoms with Crippen molar-refractivity contribution in [1.82, 2.24) is 25.9 Å². The number of aromatic nitrogens is 2. The maximum absolute atomic E-state index is 13.3. The second-order valence-electron chi connectivity index (χ2n) is 8.72. The molecule has 1 heterocycles. The van der Waals surface area contributed by atoms with Crippen LogP contribution in [0.15, 0.2) is 36.8 Å². The minimum Gasteiger partial charge on any atom is -0.508 e. The number of carbonyl (C=O) groups excluding carboxylic acids is 3. The van der Waals surface area contributed by atoms with Gasteiger partial charge in [0.1, 0.15) is 29.9 Å². The van der Waals surface area contributed by atoms with Crippen LogP contribution in [0.1, 0.15) is 24.6 Å². The van der Waals surface area contributed by atoms with Gasteiger partial charge in [-0.3, -0.25) is 14.4 Å². The number of aliphatic hydroxyl groups excluding tert-OH is 1. The van der Waals surface area contributed by atoms with Crippen molar-refractivity contribution < 1.29 is 34.5 Å². The van der Waals surface area contributed by atoms with Gasteiger partial charge in [0.2, 0.25) is 17.7 Å². The van der Waals surface area contributed by atoms with Crippen molar-refractivity contribution in [3.8, 4) is 5.75 Å². The number of amides is 3. The molecular weight excluding hydrogens is 516 g/mol. The van der Waals surface area contributed by atoms with Crippen molar-refractivity contribution >= 4 is 35.5 Å². The van der Waals surface area contributed by atoms with Gasteiger partial charge in [-0.25, -0.2) is 9.78 Å². The van der Waals surface area contributed by atoms with Gasteiger partial charge in [-0.05, 0) is 43.0 Å². The zero-order valence-corrected chi connectivity index (χ0v) is 21.9. The zero-order valence-electron chi connectivity index (χ0n) is 21.1. The van der Waals surface area contributed by atoms with E-state index in [0.717, 1.165) is 0 Å². The molecule has 2 rings (SSSR count). The van der Waals surface area contributed by atoms with Crippen molar-refractivity contribution in [3.05, 3.63) is 48.0 Å². The molecule has 5 unspecified atom stereocenters. The molecule has 13 nitrogen and oxygen atoms in total. The van der Waals surface area contributed by atoms with Crippen LogP contribution in [0.3, 0.4) is 0 Å². The number of nitrogens with zero attached hydrogens (tertiary/aromatic N) is 1. The Hall–Kier alpha value is -3.62. The van der Waals surface area contributed by atoms with Crippen molar-refractivity contribution in [2.24, 2.45) is 5.73 Å². The Kier molecular flexibility index (Phi) is 12.0. The summed E-state index contributed by atoms with van der Waals surface area (Å²) in [6.07, 6.45) is 3.63. The number of rotatable bonds is 15. The van der Waals surface area contributed by atoms with Crippen LogP contribution in [-0.4, -0.2) is 91.3 Å². The van der Waals surface area contributed by atoms with E-state index in [2.05, 4.69) is 25.9 Å². The van der Waals surface area contributed by atoms with Gasteiger partial charge >= 0.3 is 5.97 Å². The first-order valence-corrected chi connectivity index (χ1v) is 13.2. The summed E-state index contributed by atoms with van der Waals surface area (Å²) in [5.41, 5.74) is 6.81. The van der Waals surface area contributed by atoms with Crippen LogP contribution >= 0.6 is 11.8 Å². The van der Waals surface area contributed by atoms with E-state index in [0.29, 0.717) is 17.0 Å². The Morgan fingerprint density at radius 1 is 1.00 bits per heavy atom. The molecule has 0 saturated carbocycles. The molecule has 2 aromatic rings. The van der Waals surface area contributed by atoms with Gasteiger partial charge in [0, 0.05) is 24.7 Å². The maximum atomic E-state index is 13.3. The molecule has 5 atom stereocenters. The number of aliphatic carboxylic acids is 1. The van der Waals surface area contributed by atoms with Gasteiger partial charge in [-0.1, -0.05) is 12.1 Å². The van der Waals surface area contributed by atoms with Gasteiger partial charge in [-0.15, -0.1) is 0 Å². The largest absolute Gasteiger partial charge is 0.508 e. The van der Waals surface area contributed by atoms with Crippen LogP contribution in [-0.2, 0) is 32.0 Å². The van der Waals surface area contributed by atoms with E-state index in [1.807, 2.05) is 6.26 Å². The highest BCUT2D eigenvalue weighted by Crippen LogP contribution is 2.12. The van der Waals surface area contributed by atoms with Crippen molar-refractivity contribution in [3.63, 3.8) is 0 Å². The summed E-state index contributed by atoms with van der Waals surface area (Å²) in [6, 6.07) is 1.09. The number of benzene rings is 1. The Balaban J connectivity index is 2.28. The summed E-state index contributed by atoms with van der Waals surface area (Å²) >= 11 is 1.43. The number of thioether (sulfide) groups is 1. The number of aromatic amines is 1. The molecule has 0 aliphatic rings. The topological polar surface area (TPSA) is 220 Å². The second kappa shape index (κ2) is 15.0. The highest BCUT2D eigenvalue weighted by Gasteiger charge is 2.31. The van der Waals surface area contributed by atoms with Crippen molar-refractivity contribution in [2.45, 2.75) is 56.5 Å². The summed E-state index contributed by atoms with van der Waals surface area (Å²) in [7, 11) is 0. The number of carbonyl (C=O) groups is 4. The van der Waals surface area contributed by atoms with E-state index in [1.165, 1.54) is 43.3 Å². The summed E-state index contributed by atoms with van der Waals surface area (Å²) in [4.78, 5) is 57.5. The smallest absolute Gasteiger partial charge is 0.326 e. The first-order valence-electron chi connectivity index (χ1n) is 11.8. The van der Waals surface area contributed by atoms with Crippen LogP contribution < -0.4 is 21.7 Å². The molecule has 9 N–H and O–H groups in total. The molecule has 0 saturated heterocycles. The maximum Gasteiger partial charge on any atom is 0.326 e. The molecule has 3 amide bonds. The number of hydrogen-bond acceptors (Lipinski definition) is 9. The number of nitrogens with two attached hydrogens (primary N) is 1. The van der Waals surface area contributed by atoms with Crippen LogP contribution in [0.5, 0.6) is 5.75 Å². The van der Waals surface area contributed by atoms with Crippen LogP contribution in [0, 0.1) is 0 Å². The van der Waals surface area contributed by atoms with E-state index in [9.17, 15) is 34.5 Å². The average Bonchev–Trinajstić information content (AvgIpc) is 3.39. The van der Waals surface area contributed by atoms with E-state index >= 15 is 0 Å². The summed E-state index contributed by atoms with van der Waals surface area (Å²) in [6.45, 7) is 1.34. The predicted molar refractivity (Wildman–Crippen MR) is 140 cm³/mol. The highest BCUT2D eigenvalue weighted by molar-refractivity contribution is 7.98. The lowest BCUT2D eigenvalue weighted by atomic mass is 10.0. The molecule has 0 aliphatic heterocycles. The van der Waals surface area contributed by atoms with Crippen LogP contribution in [0.2, 0.25) is 0 Å². The molecule has 1 aromatic heterocycles. The first-order chi connectivity index (χ1) is 18.0. The number of phenols is 1. The molecule has 38 heavy (non-hydrogen) atoms. The average molecular weight is 551 g/mol. The molecule has 0 spiro atoms. The normalized spacial score (nSPS) is 14.9. The van der Waals surface area contributed by atoms with E-state index in [-0.39, 0.29) is 25.0 Å². The Morgan fingerprint density at radius 2 is 1.58 bits per heavy atom. The number of phenolic OH excluding ortho intramolecular Hbond substituents is 1. The van der Waals surface area contributed by atoms with Gasteiger partial charge in [0.15, 0.2) is 0 Å². The third-order valence-electron chi connectivity index (χ3n) is 5.67. The quantitative estimate of drug-likeness (QED) is 0.134. The van der Waals surface area contributed by atoms with Gasteiger partial charge < -0.3 is 42.0 Å². The Bertz CT molecular complexity index is 1060. The minimum atomic E-state index is -1.30. The lowest BCUT2D eigenvalue weighted by Crippen LogP contribution is -2.59. The number of carboxylic acid groups (broad SMARTS) is 1. The van der Waals surface area contributed by atoms with Gasteiger partial charge in [0.25, 0.3) is 0 Å². The fourth-order valence-corrected chi connectivity index (χ4v) is 3.90. The first kappa shape index (κ1) is 30.6. The molecule has 0 aliphatic carbocycles. The number of carboxylic acids is 1. The summed E-state index contributed by atoms with van der Waals surface area (Å²) < 4.78 is 0. The summed E-state index contributed by atoms with van der Waals surface area (Å²) in [5, 5.41) is 36.3. The SMILES string of the molecule is CSCCC(NC(=O)C(Cc1ccc(O)cc1)NC(=O)C(Cc1cnc[nH]1)NC(=O)C(N)C(C)O)C(=O)O. The number of imidazole rings is 1. The van der Waals surface area contributed by atoms with Crippen LogP contribution in [0.25, 0.3) is 0 Å². The third kappa shape index (κ3) is 9.68. The Labute approximate surface area is 224 Å². The monoisotopic (exact) mass is 550 g/mol. The standard InChI is InChI=1S/C24H34N6O7S/c1-13(31)20(25)23(35)30-19(10-15-11-26-12-27-15)22(34)29-18(9-14-3-5-16(32)6-4-14)21(33)28-17(24(36)37)7-8-38-2/h3-6,11-13,17-20,31-32H,7-10,25H2,1-2H3,(H,26,27)(H,28,33)(H,29,34)(H,30,35)(H,36,37). The predicted octanol–water partition coefficient (Wildman–Crippen LogP) is -1.10. The molecule has 0 radical (unpaired) electrons. The fraction of sp³-hybridized carbons (Fsp3) is 0.458. The van der Waals surface area contributed by atoms with Crippen LogP contribution in [0.4, 0.5) is 0 Å². The minimum absolute atomic E-state index is 0.0126. The van der Waals surface area contributed by atoms with Crippen molar-refractivity contribution in [2.75, 3.05) is 12.0 Å². The van der Waals surface area contributed by atoms with E-state index in [1.54, 1.807) is 12.1 Å². The molecule has 14 heteroatoms. The van der Waals surface area contributed by atoms with E-state index in [4.69, 9.17) is 5.73 Å². The second-order valence-corrected chi connectivity index (χ2v) is 9.71. The van der Waals surface area contributed by atoms with Gasteiger partial charge in [0.05, 0.1) is 12.4 Å². The fourth-order valence-electron chi connectivity index (χ4n) is 3.43. The lowest BCUT2D eigenvalue weighted by Gasteiger charge is -2.25. The number of aromatic hydroxyl groups is 1. The highest BCUT2D eigenvalue weighted by atomic mass is 32.2. The number of H-pyrrole nitrogens is 1. The molecular formula is C24H34N6O7S. The van der Waals surface area contributed by atoms with E-state index < -0.39 is 54.0 Å². The number of nitrogens with one attached hydrogen (secondary N) is 4. The Morgan fingerprint density at radius 3 is 2.11 bits per heavy atom.